The summed E-state index contributed by atoms with van der Waals surface area (Å²) in [4.78, 5) is 0. The molecule has 1 aliphatic carbocycles. The third-order valence-electron chi connectivity index (χ3n) is 3.23. The van der Waals surface area contributed by atoms with Crippen molar-refractivity contribution in [2.75, 3.05) is 0 Å². The Balaban J connectivity index is 1.95. The molecule has 0 radical (unpaired) electrons. The van der Waals surface area contributed by atoms with E-state index in [1.807, 2.05) is 0 Å². The molecule has 1 aromatic carbocycles. The van der Waals surface area contributed by atoms with E-state index < -0.39 is 0 Å². The molecule has 1 aliphatic rings. The van der Waals surface area contributed by atoms with Gasteiger partial charge in [-0.2, -0.15) is 0 Å². The van der Waals surface area contributed by atoms with Crippen LogP contribution < -0.4 is 5.73 Å². The third kappa shape index (κ3) is 3.07. The molecule has 2 N–H and O–H groups in total. The third-order valence-corrected chi connectivity index (χ3v) is 3.23. The van der Waals surface area contributed by atoms with Crippen molar-refractivity contribution < 1.29 is 0 Å². The lowest BCUT2D eigenvalue weighted by Gasteiger charge is -2.11. The van der Waals surface area contributed by atoms with E-state index in [2.05, 4.69) is 31.2 Å². The van der Waals surface area contributed by atoms with Gasteiger partial charge in [-0.15, -0.1) is 0 Å². The van der Waals surface area contributed by atoms with Crippen molar-refractivity contribution >= 4 is 0 Å². The minimum atomic E-state index is 0.258. The highest BCUT2D eigenvalue weighted by atomic mass is 14.6. The fraction of sp³-hybridized carbons (Fsp3) is 0.571. The second-order valence-corrected chi connectivity index (χ2v) is 4.78. The van der Waals surface area contributed by atoms with Crippen LogP contribution in [-0.4, -0.2) is 0 Å². The molecule has 1 aromatic rings. The van der Waals surface area contributed by atoms with Gasteiger partial charge in [0.15, 0.2) is 0 Å². The van der Waals surface area contributed by atoms with Gasteiger partial charge in [0, 0.05) is 6.04 Å². The fourth-order valence-electron chi connectivity index (χ4n) is 2.07. The highest BCUT2D eigenvalue weighted by Crippen LogP contribution is 2.36. The zero-order valence-corrected chi connectivity index (χ0v) is 9.58. The molecule has 82 valence electrons. The maximum Gasteiger partial charge on any atom is 0.0297 e. The minimum Gasteiger partial charge on any atom is -0.324 e. The second-order valence-electron chi connectivity index (χ2n) is 4.78. The minimum absolute atomic E-state index is 0.258. The number of rotatable bonds is 5. The van der Waals surface area contributed by atoms with Gasteiger partial charge in [0.2, 0.25) is 0 Å². The first-order valence-corrected chi connectivity index (χ1v) is 6.14. The van der Waals surface area contributed by atoms with E-state index in [0.29, 0.717) is 0 Å². The van der Waals surface area contributed by atoms with Crippen molar-refractivity contribution in [1.82, 2.24) is 0 Å². The molecule has 1 atom stereocenters. The molecule has 1 unspecified atom stereocenters. The average Bonchev–Trinajstić information content (AvgIpc) is 3.03. The first kappa shape index (κ1) is 10.7. The zero-order valence-electron chi connectivity index (χ0n) is 9.58. The van der Waals surface area contributed by atoms with Crippen LogP contribution in [0.15, 0.2) is 24.3 Å². The van der Waals surface area contributed by atoms with E-state index in [-0.39, 0.29) is 6.04 Å². The predicted molar refractivity (Wildman–Crippen MR) is 64.7 cm³/mol. The van der Waals surface area contributed by atoms with E-state index in [1.165, 1.54) is 43.2 Å². The lowest BCUT2D eigenvalue weighted by atomic mass is 10.00. The second kappa shape index (κ2) is 4.80. The molecule has 15 heavy (non-hydrogen) atoms. The standard InChI is InChI=1S/C14H21N/c1-2-3-11-6-8-13(9-7-11)14(15)10-12-4-5-12/h6-9,12,14H,2-5,10,15H2,1H3. The van der Waals surface area contributed by atoms with Gasteiger partial charge in [-0.05, 0) is 29.9 Å². The number of nitrogens with two attached hydrogens (primary N) is 1. The fourth-order valence-corrected chi connectivity index (χ4v) is 2.07. The van der Waals surface area contributed by atoms with Gasteiger partial charge in [-0.25, -0.2) is 0 Å². The summed E-state index contributed by atoms with van der Waals surface area (Å²) >= 11 is 0. The molecule has 0 heterocycles. The molecule has 0 saturated heterocycles. The van der Waals surface area contributed by atoms with Crippen molar-refractivity contribution in [2.45, 2.75) is 45.1 Å². The van der Waals surface area contributed by atoms with Gasteiger partial charge in [0.05, 0.1) is 0 Å². The number of benzene rings is 1. The van der Waals surface area contributed by atoms with Crippen LogP contribution >= 0.6 is 0 Å². The molecule has 1 saturated carbocycles. The van der Waals surface area contributed by atoms with Crippen LogP contribution in [0.5, 0.6) is 0 Å². The summed E-state index contributed by atoms with van der Waals surface area (Å²) in [5, 5.41) is 0. The highest BCUT2D eigenvalue weighted by Gasteiger charge is 2.24. The summed E-state index contributed by atoms with van der Waals surface area (Å²) in [6.07, 6.45) is 6.35. The van der Waals surface area contributed by atoms with Crippen LogP contribution in [0.2, 0.25) is 0 Å². The number of hydrogen-bond acceptors (Lipinski definition) is 1. The van der Waals surface area contributed by atoms with Gasteiger partial charge in [-0.1, -0.05) is 50.5 Å². The van der Waals surface area contributed by atoms with Crippen LogP contribution in [-0.2, 0) is 6.42 Å². The monoisotopic (exact) mass is 203 g/mol. The summed E-state index contributed by atoms with van der Waals surface area (Å²) in [5.41, 5.74) is 8.90. The molecular weight excluding hydrogens is 182 g/mol. The SMILES string of the molecule is CCCc1ccc(C(N)CC2CC2)cc1. The Morgan fingerprint density at radius 3 is 2.47 bits per heavy atom. The lowest BCUT2D eigenvalue weighted by Crippen LogP contribution is -2.10. The Hall–Kier alpha value is -0.820. The van der Waals surface area contributed by atoms with Gasteiger partial charge in [0.1, 0.15) is 0 Å². The molecule has 2 rings (SSSR count). The van der Waals surface area contributed by atoms with Crippen LogP contribution in [0.1, 0.15) is 49.8 Å². The molecule has 0 bridgehead atoms. The van der Waals surface area contributed by atoms with E-state index >= 15 is 0 Å². The first-order chi connectivity index (χ1) is 7.29. The Labute approximate surface area is 92.7 Å². The first-order valence-electron chi connectivity index (χ1n) is 6.14. The summed E-state index contributed by atoms with van der Waals surface area (Å²) in [6.45, 7) is 2.22. The van der Waals surface area contributed by atoms with Gasteiger partial charge >= 0.3 is 0 Å². The zero-order chi connectivity index (χ0) is 10.7. The normalized spacial score (nSPS) is 17.7. The van der Waals surface area contributed by atoms with Crippen molar-refractivity contribution in [3.8, 4) is 0 Å². The lowest BCUT2D eigenvalue weighted by molar-refractivity contribution is 0.597. The van der Waals surface area contributed by atoms with Gasteiger partial charge in [0.25, 0.3) is 0 Å². The van der Waals surface area contributed by atoms with Crippen molar-refractivity contribution in [3.63, 3.8) is 0 Å². The maximum atomic E-state index is 6.16. The van der Waals surface area contributed by atoms with Crippen molar-refractivity contribution in [1.29, 1.82) is 0 Å². The molecule has 0 spiro atoms. The number of hydrogen-bond donors (Lipinski definition) is 1. The summed E-state index contributed by atoms with van der Waals surface area (Å²) < 4.78 is 0. The topological polar surface area (TPSA) is 26.0 Å². The summed E-state index contributed by atoms with van der Waals surface area (Å²) in [7, 11) is 0. The average molecular weight is 203 g/mol. The van der Waals surface area contributed by atoms with E-state index in [4.69, 9.17) is 5.73 Å². The molecular formula is C14H21N. The Morgan fingerprint density at radius 2 is 1.93 bits per heavy atom. The van der Waals surface area contributed by atoms with Crippen LogP contribution in [0.3, 0.4) is 0 Å². The van der Waals surface area contributed by atoms with E-state index in [9.17, 15) is 0 Å². The van der Waals surface area contributed by atoms with Crippen molar-refractivity contribution in [3.05, 3.63) is 35.4 Å². The molecule has 1 heteroatoms. The van der Waals surface area contributed by atoms with Gasteiger partial charge < -0.3 is 5.73 Å². The predicted octanol–water partition coefficient (Wildman–Crippen LogP) is 3.44. The smallest absolute Gasteiger partial charge is 0.0297 e. The van der Waals surface area contributed by atoms with Gasteiger partial charge in [-0.3, -0.25) is 0 Å². The molecule has 0 aliphatic heterocycles. The van der Waals surface area contributed by atoms with Crippen LogP contribution in [0.4, 0.5) is 0 Å². The Kier molecular flexibility index (Phi) is 3.42. The molecule has 0 amide bonds. The van der Waals surface area contributed by atoms with Crippen LogP contribution in [0.25, 0.3) is 0 Å². The van der Waals surface area contributed by atoms with E-state index in [1.54, 1.807) is 0 Å². The Morgan fingerprint density at radius 1 is 1.27 bits per heavy atom. The number of aryl methyl sites for hydroxylation is 1. The summed E-state index contributed by atoms with van der Waals surface area (Å²) in [5.74, 6) is 0.912. The Bertz CT molecular complexity index is 298. The molecule has 0 aromatic heterocycles. The molecule has 1 fully saturated rings. The van der Waals surface area contributed by atoms with Crippen LogP contribution in [0, 0.1) is 5.92 Å². The quantitative estimate of drug-likeness (QED) is 0.779. The molecule has 1 nitrogen and oxygen atoms in total. The summed E-state index contributed by atoms with van der Waals surface area (Å²) in [6, 6.07) is 9.13. The largest absolute Gasteiger partial charge is 0.324 e. The maximum absolute atomic E-state index is 6.16. The van der Waals surface area contributed by atoms with Crippen molar-refractivity contribution in [2.24, 2.45) is 11.7 Å². The van der Waals surface area contributed by atoms with E-state index in [0.717, 1.165) is 5.92 Å². The highest BCUT2D eigenvalue weighted by molar-refractivity contribution is 5.25.